The van der Waals surface area contributed by atoms with Crippen LogP contribution in [0.3, 0.4) is 0 Å². The van der Waals surface area contributed by atoms with Crippen molar-refractivity contribution in [2.75, 3.05) is 0 Å². The Labute approximate surface area is 357 Å². The van der Waals surface area contributed by atoms with E-state index in [1.54, 1.807) is 0 Å². The van der Waals surface area contributed by atoms with E-state index in [-0.39, 0.29) is 21.7 Å². The molecule has 304 valence electrons. The van der Waals surface area contributed by atoms with Crippen LogP contribution in [-0.2, 0) is 21.7 Å². The maximum atomic E-state index is 5.54. The average molecular weight is 789 g/mol. The minimum Gasteiger partial charge on any atom is -0.355 e. The average Bonchev–Trinajstić information content (AvgIpc) is 4.01. The molecule has 3 aromatic carbocycles. The summed E-state index contributed by atoms with van der Waals surface area (Å²) in [5.41, 5.74) is 19.7. The highest BCUT2D eigenvalue weighted by Crippen LogP contribution is 2.41. The van der Waals surface area contributed by atoms with E-state index in [0.717, 1.165) is 83.8 Å². The quantitative estimate of drug-likeness (QED) is 0.187. The summed E-state index contributed by atoms with van der Waals surface area (Å²) in [6, 6.07) is 35.5. The fourth-order valence-corrected chi connectivity index (χ4v) is 8.12. The number of benzene rings is 3. The van der Waals surface area contributed by atoms with E-state index in [1.165, 1.54) is 22.3 Å². The van der Waals surface area contributed by atoms with Crippen LogP contribution in [0.2, 0.25) is 0 Å². The van der Waals surface area contributed by atoms with Gasteiger partial charge in [-0.2, -0.15) is 0 Å². The van der Waals surface area contributed by atoms with Crippen LogP contribution in [0.25, 0.3) is 74.2 Å². The van der Waals surface area contributed by atoms with Crippen molar-refractivity contribution in [3.8, 4) is 22.3 Å². The third kappa shape index (κ3) is 8.00. The third-order valence-corrected chi connectivity index (χ3v) is 11.9. The van der Waals surface area contributed by atoms with Crippen molar-refractivity contribution in [3.05, 3.63) is 160 Å². The molecule has 3 aromatic heterocycles. The van der Waals surface area contributed by atoms with Gasteiger partial charge in [-0.15, -0.1) is 0 Å². The Bertz CT molecular complexity index is 2760. The van der Waals surface area contributed by atoms with Crippen LogP contribution in [0.5, 0.6) is 0 Å². The fourth-order valence-electron chi connectivity index (χ4n) is 8.12. The molecule has 0 saturated carbocycles. The van der Waals surface area contributed by atoms with Gasteiger partial charge in [0.05, 0.1) is 22.8 Å². The molecule has 0 amide bonds. The number of H-pyrrole nitrogens is 2. The van der Waals surface area contributed by atoms with E-state index in [9.17, 15) is 0 Å². The van der Waals surface area contributed by atoms with Crippen LogP contribution in [0, 0.1) is 0 Å². The number of hydrogen-bond acceptors (Lipinski definition) is 2. The van der Waals surface area contributed by atoms with Gasteiger partial charge in [0.1, 0.15) is 0 Å². The Balaban J connectivity index is 1.52. The van der Waals surface area contributed by atoms with Gasteiger partial charge >= 0.3 is 0 Å². The number of fused-ring (bicyclic) bond motifs is 8. The largest absolute Gasteiger partial charge is 0.355 e. The minimum absolute atomic E-state index is 0.0483. The first-order chi connectivity index (χ1) is 28.1. The van der Waals surface area contributed by atoms with Crippen LogP contribution >= 0.6 is 0 Å². The molecule has 2 aliphatic heterocycles. The highest BCUT2D eigenvalue weighted by Gasteiger charge is 2.25. The Morgan fingerprint density at radius 1 is 0.450 bits per heavy atom. The number of nitrogens with one attached hydrogen (secondary N) is 2. The maximum absolute atomic E-state index is 5.54. The summed E-state index contributed by atoms with van der Waals surface area (Å²) in [5.74, 6) is 0. The lowest BCUT2D eigenvalue weighted by Crippen LogP contribution is -2.16. The second kappa shape index (κ2) is 14.6. The van der Waals surface area contributed by atoms with Gasteiger partial charge in [-0.1, -0.05) is 156 Å². The number of aromatic nitrogens is 4. The van der Waals surface area contributed by atoms with E-state index in [2.05, 4.69) is 208 Å². The van der Waals surface area contributed by atoms with Gasteiger partial charge in [0.2, 0.25) is 0 Å². The second-order valence-corrected chi connectivity index (χ2v) is 20.8. The first kappa shape index (κ1) is 40.8. The van der Waals surface area contributed by atoms with Crippen molar-refractivity contribution in [3.63, 3.8) is 0 Å². The lowest BCUT2D eigenvalue weighted by molar-refractivity contribution is 0.568. The van der Waals surface area contributed by atoms with Gasteiger partial charge in [0.25, 0.3) is 0 Å². The summed E-state index contributed by atoms with van der Waals surface area (Å²) >= 11 is 0. The van der Waals surface area contributed by atoms with Crippen molar-refractivity contribution >= 4 is 51.9 Å². The molecule has 0 spiro atoms. The summed E-state index contributed by atoms with van der Waals surface area (Å²) in [5, 5.41) is 0. The Morgan fingerprint density at radius 3 is 1.43 bits per heavy atom. The van der Waals surface area contributed by atoms with E-state index < -0.39 is 0 Å². The highest BCUT2D eigenvalue weighted by molar-refractivity contribution is 5.98. The van der Waals surface area contributed by atoms with E-state index in [1.807, 2.05) is 6.07 Å². The highest BCUT2D eigenvalue weighted by atomic mass is 14.8. The smallest absolute Gasteiger partial charge is 0.0737 e. The van der Waals surface area contributed by atoms with Gasteiger partial charge in [0.15, 0.2) is 0 Å². The standard InChI is InChI=1S/C56H60N4/c1-34(35-17-15-14-16-18-35)50-44-23-25-48(59-44)51(36-27-38(53(2,3)4)31-39(28-36)54(5,6)7)46-21-19-42(57-46)33-43-20-22-47(58-43)52(49-26-24-45(50)60-49)37-29-40(55(8,9)10)32-41(30-37)56(11,12)13/h14-33,57,60H,1H2,2-13H3. The molecule has 2 aliphatic rings. The molecule has 6 aromatic rings. The van der Waals surface area contributed by atoms with Crippen LogP contribution in [-0.4, -0.2) is 19.9 Å². The molecule has 4 nitrogen and oxygen atoms in total. The molecule has 8 rings (SSSR count). The Hall–Kier alpha value is -6.00. The summed E-state index contributed by atoms with van der Waals surface area (Å²) in [6.45, 7) is 32.2. The third-order valence-electron chi connectivity index (χ3n) is 11.9. The van der Waals surface area contributed by atoms with Gasteiger partial charge in [0, 0.05) is 38.8 Å². The van der Waals surface area contributed by atoms with Gasteiger partial charge in [-0.05, 0) is 121 Å². The lowest BCUT2D eigenvalue weighted by Gasteiger charge is -2.26. The number of nitrogens with zero attached hydrogens (tertiary/aromatic N) is 2. The fraction of sp³-hybridized carbons (Fsp3) is 0.286. The molecule has 5 heterocycles. The van der Waals surface area contributed by atoms with Crippen LogP contribution in [0.4, 0.5) is 0 Å². The van der Waals surface area contributed by atoms with E-state index >= 15 is 0 Å². The van der Waals surface area contributed by atoms with Gasteiger partial charge in [-0.3, -0.25) is 0 Å². The van der Waals surface area contributed by atoms with Crippen molar-refractivity contribution in [1.29, 1.82) is 0 Å². The Kier molecular flexibility index (Phi) is 9.93. The van der Waals surface area contributed by atoms with E-state index in [0.29, 0.717) is 0 Å². The van der Waals surface area contributed by atoms with E-state index in [4.69, 9.17) is 16.5 Å². The van der Waals surface area contributed by atoms with Crippen molar-refractivity contribution < 1.29 is 0 Å². The maximum Gasteiger partial charge on any atom is 0.0737 e. The number of aromatic amines is 2. The van der Waals surface area contributed by atoms with Crippen LogP contribution < -0.4 is 0 Å². The SMILES string of the molecule is C=C(c1ccccc1)c1c2nc(c(-c3cc(C(C)(C)C)cc(C(C)(C)C)c3)c3ccc(cc4nc(c(-c5cc(C(C)(C)C)cc(C(C)(C)C)c5)c5ccc1[nH]5)C=C4)[nH]3)C=C2. The van der Waals surface area contributed by atoms with Crippen LogP contribution in [0.15, 0.2) is 104 Å². The lowest BCUT2D eigenvalue weighted by atomic mass is 9.78. The van der Waals surface area contributed by atoms with Crippen LogP contribution in [0.1, 0.15) is 139 Å². The summed E-state index contributed by atoms with van der Waals surface area (Å²) < 4.78 is 0. The molecule has 60 heavy (non-hydrogen) atoms. The molecule has 0 radical (unpaired) electrons. The van der Waals surface area contributed by atoms with Gasteiger partial charge in [-0.25, -0.2) is 9.97 Å². The molecule has 0 saturated heterocycles. The predicted octanol–water partition coefficient (Wildman–Crippen LogP) is 15.2. The van der Waals surface area contributed by atoms with Gasteiger partial charge < -0.3 is 9.97 Å². The molecule has 0 atom stereocenters. The predicted molar refractivity (Wildman–Crippen MR) is 259 cm³/mol. The zero-order chi connectivity index (χ0) is 42.9. The molecular formula is C56H60N4. The molecule has 0 unspecified atom stereocenters. The van der Waals surface area contributed by atoms with Crippen molar-refractivity contribution in [1.82, 2.24) is 19.9 Å². The molecular weight excluding hydrogens is 729 g/mol. The normalized spacial score (nSPS) is 13.3. The Morgan fingerprint density at radius 2 is 0.900 bits per heavy atom. The second-order valence-electron chi connectivity index (χ2n) is 20.8. The molecule has 0 aliphatic carbocycles. The molecule has 4 heteroatoms. The monoisotopic (exact) mass is 788 g/mol. The van der Waals surface area contributed by atoms with Crippen molar-refractivity contribution in [2.45, 2.75) is 105 Å². The zero-order valence-electron chi connectivity index (χ0n) is 37.6. The zero-order valence-corrected chi connectivity index (χ0v) is 37.6. The number of hydrogen-bond donors (Lipinski definition) is 2. The summed E-state index contributed by atoms with van der Waals surface area (Å²) in [6.07, 6.45) is 8.61. The molecule has 8 bridgehead atoms. The summed E-state index contributed by atoms with van der Waals surface area (Å²) in [7, 11) is 0. The molecule has 2 N–H and O–H groups in total. The van der Waals surface area contributed by atoms with Crippen molar-refractivity contribution in [2.24, 2.45) is 0 Å². The first-order valence-electron chi connectivity index (χ1n) is 21.3. The summed E-state index contributed by atoms with van der Waals surface area (Å²) in [4.78, 5) is 18.6. The minimum atomic E-state index is -0.0483. The number of rotatable bonds is 4. The topological polar surface area (TPSA) is 57.4 Å². The first-order valence-corrected chi connectivity index (χ1v) is 21.3. The molecule has 0 fully saturated rings.